The van der Waals surface area contributed by atoms with Gasteiger partial charge in [-0.25, -0.2) is 9.82 Å². The van der Waals surface area contributed by atoms with E-state index < -0.39 is 0 Å². The van der Waals surface area contributed by atoms with Crippen LogP contribution in [0.3, 0.4) is 0 Å². The summed E-state index contributed by atoms with van der Waals surface area (Å²) >= 11 is 0. The fraction of sp³-hybridized carbons (Fsp3) is 0.500. The Bertz CT molecular complexity index is 853. The first-order chi connectivity index (χ1) is 17.0. The molecule has 35 heavy (non-hydrogen) atoms. The van der Waals surface area contributed by atoms with Crippen LogP contribution in [0.4, 0.5) is 17.5 Å². The first-order valence-electron chi connectivity index (χ1n) is 12.0. The first-order valence-corrected chi connectivity index (χ1v) is 12.0. The highest BCUT2D eigenvalue weighted by molar-refractivity contribution is 5.57. The van der Waals surface area contributed by atoms with Crippen molar-refractivity contribution >= 4 is 23.8 Å². The molecule has 1 unspecified atom stereocenters. The van der Waals surface area contributed by atoms with Gasteiger partial charge in [-0.05, 0) is 25.8 Å². The van der Waals surface area contributed by atoms with Gasteiger partial charge in [-0.2, -0.15) is 4.98 Å². The van der Waals surface area contributed by atoms with Gasteiger partial charge in [0.15, 0.2) is 7.11 Å². The van der Waals surface area contributed by atoms with Crippen LogP contribution in [-0.2, 0) is 11.4 Å². The number of aromatic nitrogens is 2. The highest BCUT2D eigenvalue weighted by atomic mass is 16.8. The average molecular weight is 487 g/mol. The number of aliphatic imine (C=N–C) groups is 1. The van der Waals surface area contributed by atoms with Crippen LogP contribution in [0.2, 0.25) is 0 Å². The number of nitrogens with zero attached hydrogens (tertiary/aromatic N) is 4. The van der Waals surface area contributed by atoms with Gasteiger partial charge in [0.05, 0.1) is 17.8 Å². The SMILES string of the molecule is C#C.CC.CC.CCC(C)NC=NCCNc1nc(NCc2ccc(C)cc2)ncc1[N+](=O)OC. The molecule has 3 N–H and O–H groups in total. The highest BCUT2D eigenvalue weighted by Crippen LogP contribution is 2.22. The molecule has 0 aliphatic heterocycles. The number of aryl methyl sites for hydroxylation is 1. The lowest BCUT2D eigenvalue weighted by Gasteiger charge is -2.08. The Hall–Kier alpha value is -3.67. The molecule has 0 radical (unpaired) electrons. The molecule has 0 bridgehead atoms. The number of benzene rings is 1. The molecule has 0 saturated carbocycles. The van der Waals surface area contributed by atoms with Gasteiger partial charge >= 0.3 is 5.69 Å². The quantitative estimate of drug-likeness (QED) is 0.120. The molecule has 1 atom stereocenters. The van der Waals surface area contributed by atoms with Gasteiger partial charge < -0.3 is 16.0 Å². The maximum atomic E-state index is 11.9. The summed E-state index contributed by atoms with van der Waals surface area (Å²) in [5.41, 5.74) is 2.52. The minimum Gasteiger partial charge on any atom is -0.374 e. The van der Waals surface area contributed by atoms with Crippen molar-refractivity contribution in [2.24, 2.45) is 4.99 Å². The van der Waals surface area contributed by atoms with Crippen LogP contribution in [0.15, 0.2) is 35.5 Å². The minimum absolute atomic E-state index is 0.204. The van der Waals surface area contributed by atoms with E-state index in [0.29, 0.717) is 42.4 Å². The van der Waals surface area contributed by atoms with Crippen LogP contribution in [0.25, 0.3) is 0 Å². The molecule has 9 heteroatoms. The topological polar surface area (TPSA) is 104 Å². The smallest absolute Gasteiger partial charge is 0.374 e. The molecule has 0 spiro atoms. The number of terminal acetylenes is 1. The van der Waals surface area contributed by atoms with Crippen LogP contribution in [-0.4, -0.2) is 47.5 Å². The van der Waals surface area contributed by atoms with E-state index in [1.807, 2.05) is 46.8 Å². The van der Waals surface area contributed by atoms with E-state index in [1.165, 1.54) is 18.9 Å². The number of rotatable bonds is 12. The molecule has 1 aromatic carbocycles. The summed E-state index contributed by atoms with van der Waals surface area (Å²) in [6, 6.07) is 8.59. The Morgan fingerprint density at radius 1 is 1.14 bits per heavy atom. The summed E-state index contributed by atoms with van der Waals surface area (Å²) in [4.78, 5) is 29.9. The number of nitrogens with one attached hydrogen (secondary N) is 3. The predicted octanol–water partition coefficient (Wildman–Crippen LogP) is 5.50. The van der Waals surface area contributed by atoms with E-state index in [2.05, 4.69) is 69.7 Å². The Morgan fingerprint density at radius 2 is 1.77 bits per heavy atom. The van der Waals surface area contributed by atoms with E-state index in [1.54, 1.807) is 6.34 Å². The van der Waals surface area contributed by atoms with Crippen LogP contribution >= 0.6 is 0 Å². The number of hydrogen-bond donors (Lipinski definition) is 3. The zero-order chi connectivity index (χ0) is 27.1. The van der Waals surface area contributed by atoms with Crippen molar-refractivity contribution in [1.82, 2.24) is 15.3 Å². The van der Waals surface area contributed by atoms with E-state index in [9.17, 15) is 4.91 Å². The third-order valence-electron chi connectivity index (χ3n) is 4.30. The predicted molar refractivity (Wildman–Crippen MR) is 148 cm³/mol. The van der Waals surface area contributed by atoms with Crippen molar-refractivity contribution in [3.05, 3.63) is 46.5 Å². The third-order valence-corrected chi connectivity index (χ3v) is 4.30. The van der Waals surface area contributed by atoms with E-state index >= 15 is 0 Å². The Kier molecular flexibility index (Phi) is 21.2. The maximum Gasteiger partial charge on any atom is 0.376 e. The Labute approximate surface area is 211 Å². The second-order valence-electron chi connectivity index (χ2n) is 6.64. The van der Waals surface area contributed by atoms with E-state index in [-0.39, 0.29) is 5.69 Å². The minimum atomic E-state index is 0.204. The summed E-state index contributed by atoms with van der Waals surface area (Å²) in [5, 5.41) is 9.47. The number of hydrogen-bond acceptors (Lipinski definition) is 7. The fourth-order valence-corrected chi connectivity index (χ4v) is 2.31. The van der Waals surface area contributed by atoms with E-state index in [4.69, 9.17) is 4.84 Å². The maximum absolute atomic E-state index is 11.9. The molecule has 2 rings (SSSR count). The lowest BCUT2D eigenvalue weighted by Crippen LogP contribution is -2.23. The van der Waals surface area contributed by atoms with Crippen LogP contribution in [0.1, 0.15) is 59.1 Å². The molecule has 0 fully saturated rings. The van der Waals surface area contributed by atoms with Crippen LogP contribution in [0, 0.1) is 24.7 Å². The average Bonchev–Trinajstić information content (AvgIpc) is 2.93. The molecule has 1 aromatic heterocycles. The molecule has 1 heterocycles. The van der Waals surface area contributed by atoms with Crippen molar-refractivity contribution < 1.29 is 9.76 Å². The van der Waals surface area contributed by atoms with Gasteiger partial charge in [0.25, 0.3) is 4.92 Å². The van der Waals surface area contributed by atoms with Crippen molar-refractivity contribution in [2.75, 3.05) is 30.8 Å². The largest absolute Gasteiger partial charge is 0.376 e. The molecule has 0 aliphatic carbocycles. The standard InChI is InChI=1S/C20H30N7O2.2C2H6.C2H2/c1-5-16(3)25-14-21-10-11-22-19-18(27(28)29-4)13-24-20(26-19)23-12-17-8-6-15(2)7-9-17;3*1-2/h6-9,13-14,16H,5,10-12H2,1-4H3,(H,21,25)(H2,22,23,24,26);2*1-2H3;1-2H/q+1;;;. The molecule has 0 aliphatic rings. The monoisotopic (exact) mass is 486 g/mol. The van der Waals surface area contributed by atoms with Gasteiger partial charge in [0.2, 0.25) is 11.8 Å². The zero-order valence-electron chi connectivity index (χ0n) is 22.6. The Balaban J connectivity index is 0. The molecule has 9 nitrogen and oxygen atoms in total. The molecular weight excluding hydrogens is 442 g/mol. The summed E-state index contributed by atoms with van der Waals surface area (Å²) in [6.07, 6.45) is 12.2. The van der Waals surface area contributed by atoms with Crippen molar-refractivity contribution in [2.45, 2.75) is 67.5 Å². The lowest BCUT2D eigenvalue weighted by molar-refractivity contribution is -0.736. The Morgan fingerprint density at radius 3 is 2.34 bits per heavy atom. The van der Waals surface area contributed by atoms with Crippen LogP contribution in [0.5, 0.6) is 0 Å². The lowest BCUT2D eigenvalue weighted by atomic mass is 10.1. The molecule has 194 valence electrons. The van der Waals surface area contributed by atoms with Gasteiger partial charge in [0, 0.05) is 19.1 Å². The highest BCUT2D eigenvalue weighted by Gasteiger charge is 2.23. The summed E-state index contributed by atoms with van der Waals surface area (Å²) < 4.78 is 0. The second kappa shape index (κ2) is 22.1. The van der Waals surface area contributed by atoms with E-state index in [0.717, 1.165) is 12.0 Å². The van der Waals surface area contributed by atoms with Gasteiger partial charge in [0.1, 0.15) is 6.20 Å². The van der Waals surface area contributed by atoms with Crippen LogP contribution < -0.4 is 16.0 Å². The van der Waals surface area contributed by atoms with Crippen molar-refractivity contribution in [3.63, 3.8) is 0 Å². The van der Waals surface area contributed by atoms with Gasteiger partial charge in [-0.3, -0.25) is 4.99 Å². The summed E-state index contributed by atoms with van der Waals surface area (Å²) in [5.74, 6) is 0.802. The van der Waals surface area contributed by atoms with Gasteiger partial charge in [-0.1, -0.05) is 64.4 Å². The van der Waals surface area contributed by atoms with Gasteiger partial charge in [-0.15, -0.1) is 12.8 Å². The first kappa shape index (κ1) is 33.5. The van der Waals surface area contributed by atoms with Crippen molar-refractivity contribution in [1.29, 1.82) is 0 Å². The third kappa shape index (κ3) is 14.3. The molecular formula is C26H44N7O2+. The molecule has 2 aromatic rings. The van der Waals surface area contributed by atoms with Crippen molar-refractivity contribution in [3.8, 4) is 12.8 Å². The second-order valence-corrected chi connectivity index (χ2v) is 6.64. The fourth-order valence-electron chi connectivity index (χ4n) is 2.31. The molecule has 0 saturated heterocycles. The normalized spacial score (nSPS) is 10.2. The summed E-state index contributed by atoms with van der Waals surface area (Å²) in [7, 11) is 1.30. The summed E-state index contributed by atoms with van der Waals surface area (Å²) in [6.45, 7) is 15.9. The molecule has 0 amide bonds. The number of anilines is 2. The zero-order valence-corrected chi connectivity index (χ0v) is 22.6.